The van der Waals surface area contributed by atoms with Crippen molar-refractivity contribution in [2.24, 2.45) is 0 Å². The van der Waals surface area contributed by atoms with Crippen LogP contribution in [0.2, 0.25) is 0 Å². The predicted molar refractivity (Wildman–Crippen MR) is 90.9 cm³/mol. The maximum Gasteiger partial charge on any atom is 0.514 e. The highest BCUT2D eigenvalue weighted by molar-refractivity contribution is 5.64. The zero-order chi connectivity index (χ0) is 18.6. The third-order valence-electron chi connectivity index (χ3n) is 2.77. The van der Waals surface area contributed by atoms with Crippen molar-refractivity contribution < 1.29 is 23.9 Å². The molecule has 2 N–H and O–H groups in total. The van der Waals surface area contributed by atoms with Gasteiger partial charge in [0.15, 0.2) is 0 Å². The van der Waals surface area contributed by atoms with Crippen LogP contribution in [0.25, 0.3) is 0 Å². The van der Waals surface area contributed by atoms with Crippen molar-refractivity contribution in [3.05, 3.63) is 52.6 Å². The lowest BCUT2D eigenvalue weighted by Gasteiger charge is -2.18. The molecule has 0 amide bonds. The highest BCUT2D eigenvalue weighted by atomic mass is 16.7. The van der Waals surface area contributed by atoms with Crippen molar-refractivity contribution in [2.45, 2.75) is 26.4 Å². The Morgan fingerprint density at radius 2 is 1.64 bits per heavy atom. The Morgan fingerprint density at radius 3 is 2.20 bits per heavy atom. The van der Waals surface area contributed by atoms with Crippen LogP contribution in [0, 0.1) is 10.1 Å². The summed E-state index contributed by atoms with van der Waals surface area (Å²) < 4.78 is 15.6. The zero-order valence-electron chi connectivity index (χ0n) is 14.0. The minimum atomic E-state index is -0.812. The summed E-state index contributed by atoms with van der Waals surface area (Å²) in [7, 11) is 0. The number of non-ortho nitro benzene ring substituents is 1. The molecule has 0 bridgehead atoms. The maximum absolute atomic E-state index is 11.6. The van der Waals surface area contributed by atoms with Crippen LogP contribution in [-0.4, -0.2) is 16.7 Å². The van der Waals surface area contributed by atoms with Gasteiger partial charge in [-0.1, -0.05) is 0 Å². The van der Waals surface area contributed by atoms with Gasteiger partial charge in [-0.05, 0) is 45.0 Å². The summed E-state index contributed by atoms with van der Waals surface area (Å²) in [6.45, 7) is 5.20. The van der Waals surface area contributed by atoms with Gasteiger partial charge >= 0.3 is 6.16 Å². The average molecular weight is 346 g/mol. The van der Waals surface area contributed by atoms with Gasteiger partial charge in [-0.3, -0.25) is 10.1 Å². The molecule has 8 nitrogen and oxygen atoms in total. The van der Waals surface area contributed by atoms with E-state index in [0.717, 1.165) is 0 Å². The Balaban J connectivity index is 2.06. The van der Waals surface area contributed by atoms with Crippen molar-refractivity contribution in [3.63, 3.8) is 0 Å². The fraction of sp³-hybridized carbons (Fsp3) is 0.235. The number of nitrogens with zero attached hydrogens (tertiary/aromatic N) is 1. The SMILES string of the molecule is CC(C)(C)OC(=O)Oc1ccc(Oc2cc(N)cc([N+](=O)[O-])c2)cc1. The number of anilines is 1. The molecule has 0 saturated heterocycles. The summed E-state index contributed by atoms with van der Waals surface area (Å²) in [5, 5.41) is 10.8. The quantitative estimate of drug-likeness (QED) is 0.289. The molecule has 0 aliphatic carbocycles. The molecule has 2 aromatic rings. The first-order chi connectivity index (χ1) is 11.6. The Hall–Kier alpha value is -3.29. The van der Waals surface area contributed by atoms with E-state index in [0.29, 0.717) is 5.75 Å². The number of nitro groups is 1. The third kappa shape index (κ3) is 5.69. The van der Waals surface area contributed by atoms with Gasteiger partial charge < -0.3 is 19.9 Å². The molecule has 0 heterocycles. The van der Waals surface area contributed by atoms with Crippen LogP contribution in [-0.2, 0) is 4.74 Å². The van der Waals surface area contributed by atoms with Crippen molar-refractivity contribution >= 4 is 17.5 Å². The van der Waals surface area contributed by atoms with Gasteiger partial charge in [-0.25, -0.2) is 4.79 Å². The minimum Gasteiger partial charge on any atom is -0.457 e. The van der Waals surface area contributed by atoms with E-state index in [1.807, 2.05) is 0 Å². The fourth-order valence-corrected chi connectivity index (χ4v) is 1.85. The molecule has 25 heavy (non-hydrogen) atoms. The summed E-state index contributed by atoms with van der Waals surface area (Å²) in [4.78, 5) is 21.9. The molecule has 0 spiro atoms. The second kappa shape index (κ2) is 7.08. The summed E-state index contributed by atoms with van der Waals surface area (Å²) >= 11 is 0. The van der Waals surface area contributed by atoms with Gasteiger partial charge in [0.2, 0.25) is 0 Å². The number of carbonyl (C=O) groups is 1. The average Bonchev–Trinajstić information content (AvgIpc) is 2.46. The molecule has 0 aliphatic rings. The lowest BCUT2D eigenvalue weighted by atomic mass is 10.2. The number of nitrogen functional groups attached to an aromatic ring is 1. The number of hydrogen-bond acceptors (Lipinski definition) is 7. The van der Waals surface area contributed by atoms with Gasteiger partial charge in [0.05, 0.1) is 11.0 Å². The normalized spacial score (nSPS) is 10.8. The Bertz CT molecular complexity index is 781. The molecule has 2 aromatic carbocycles. The van der Waals surface area contributed by atoms with Crippen LogP contribution in [0.4, 0.5) is 16.2 Å². The Morgan fingerprint density at radius 1 is 1.04 bits per heavy atom. The standard InChI is InChI=1S/C17H18N2O6/c1-17(2,3)25-16(20)24-14-6-4-13(5-7-14)23-15-9-11(18)8-12(10-15)19(21)22/h4-10H,18H2,1-3H3. The highest BCUT2D eigenvalue weighted by Crippen LogP contribution is 2.29. The lowest BCUT2D eigenvalue weighted by Crippen LogP contribution is -2.25. The van der Waals surface area contributed by atoms with Gasteiger partial charge in [0.25, 0.3) is 5.69 Å². The van der Waals surface area contributed by atoms with E-state index in [1.54, 1.807) is 32.9 Å². The first kappa shape index (κ1) is 18.1. The molecule has 0 saturated carbocycles. The molecule has 0 aromatic heterocycles. The van der Waals surface area contributed by atoms with Crippen LogP contribution >= 0.6 is 0 Å². The van der Waals surface area contributed by atoms with Crippen LogP contribution in [0.5, 0.6) is 17.2 Å². The lowest BCUT2D eigenvalue weighted by molar-refractivity contribution is -0.384. The summed E-state index contributed by atoms with van der Waals surface area (Å²) in [6, 6.07) is 10.1. The number of ether oxygens (including phenoxy) is 3. The fourth-order valence-electron chi connectivity index (χ4n) is 1.85. The van der Waals surface area contributed by atoms with Gasteiger partial charge in [0, 0.05) is 17.8 Å². The van der Waals surface area contributed by atoms with Crippen LogP contribution in [0.15, 0.2) is 42.5 Å². The van der Waals surface area contributed by atoms with Crippen molar-refractivity contribution in [3.8, 4) is 17.2 Å². The Labute approximate surface area is 144 Å². The summed E-state index contributed by atoms with van der Waals surface area (Å²) in [5.41, 5.74) is 5.02. The largest absolute Gasteiger partial charge is 0.514 e. The van der Waals surface area contributed by atoms with E-state index in [-0.39, 0.29) is 22.9 Å². The van der Waals surface area contributed by atoms with Crippen LogP contribution < -0.4 is 15.2 Å². The van der Waals surface area contributed by atoms with E-state index in [9.17, 15) is 14.9 Å². The topological polar surface area (TPSA) is 114 Å². The van der Waals surface area contributed by atoms with E-state index in [2.05, 4.69) is 0 Å². The molecule has 8 heteroatoms. The zero-order valence-corrected chi connectivity index (χ0v) is 14.0. The number of hydrogen-bond donors (Lipinski definition) is 1. The van der Waals surface area contributed by atoms with E-state index < -0.39 is 16.7 Å². The van der Waals surface area contributed by atoms with Gasteiger partial charge in [-0.15, -0.1) is 0 Å². The highest BCUT2D eigenvalue weighted by Gasteiger charge is 2.18. The van der Waals surface area contributed by atoms with Crippen molar-refractivity contribution in [1.82, 2.24) is 0 Å². The predicted octanol–water partition coefficient (Wildman–Crippen LogP) is 4.28. The van der Waals surface area contributed by atoms with Gasteiger partial charge in [0.1, 0.15) is 22.8 Å². The number of rotatable bonds is 4. The number of benzene rings is 2. The molecule has 0 unspecified atom stereocenters. The number of carbonyl (C=O) groups excluding carboxylic acids is 1. The monoisotopic (exact) mass is 346 g/mol. The molecule has 0 aliphatic heterocycles. The Kier molecular flexibility index (Phi) is 5.11. The summed E-state index contributed by atoms with van der Waals surface area (Å²) in [6.07, 6.45) is -0.812. The third-order valence-corrected chi connectivity index (χ3v) is 2.77. The second-order valence-electron chi connectivity index (χ2n) is 6.16. The van der Waals surface area contributed by atoms with E-state index in [1.165, 1.54) is 30.3 Å². The second-order valence-corrected chi connectivity index (χ2v) is 6.16. The number of nitro benzene ring substituents is 1. The van der Waals surface area contributed by atoms with Crippen LogP contribution in [0.3, 0.4) is 0 Å². The van der Waals surface area contributed by atoms with E-state index >= 15 is 0 Å². The summed E-state index contributed by atoms with van der Waals surface area (Å²) in [5.74, 6) is 0.907. The maximum atomic E-state index is 11.6. The molecule has 0 radical (unpaired) electrons. The van der Waals surface area contributed by atoms with E-state index in [4.69, 9.17) is 19.9 Å². The van der Waals surface area contributed by atoms with Crippen molar-refractivity contribution in [1.29, 1.82) is 0 Å². The smallest absolute Gasteiger partial charge is 0.457 e. The molecule has 132 valence electrons. The number of nitrogens with two attached hydrogens (primary N) is 1. The first-order valence-corrected chi connectivity index (χ1v) is 7.36. The molecular weight excluding hydrogens is 328 g/mol. The molecule has 2 rings (SSSR count). The first-order valence-electron chi connectivity index (χ1n) is 7.36. The molecule has 0 atom stereocenters. The molecule has 0 fully saturated rings. The van der Waals surface area contributed by atoms with Gasteiger partial charge in [-0.2, -0.15) is 0 Å². The minimum absolute atomic E-state index is 0.167. The van der Waals surface area contributed by atoms with Crippen LogP contribution in [0.1, 0.15) is 20.8 Å². The molecular formula is C17H18N2O6. The van der Waals surface area contributed by atoms with Crippen molar-refractivity contribution in [2.75, 3.05) is 5.73 Å².